The molecule has 0 spiro atoms. The molecule has 0 saturated heterocycles. The van der Waals surface area contributed by atoms with Crippen LogP contribution in [0, 0.1) is 17.6 Å². The van der Waals surface area contributed by atoms with Gasteiger partial charge in [-0.05, 0) is 43.9 Å². The lowest BCUT2D eigenvalue weighted by atomic mass is 10.0. The molecular formula is C19H26F2N2O3. The fourth-order valence-electron chi connectivity index (χ4n) is 2.38. The third-order valence-corrected chi connectivity index (χ3v) is 3.89. The fraction of sp³-hybridized carbons (Fsp3) is 0.526. The van der Waals surface area contributed by atoms with Crippen molar-refractivity contribution in [2.45, 2.75) is 59.0 Å². The highest BCUT2D eigenvalue weighted by Gasteiger charge is 2.21. The molecule has 0 aliphatic rings. The van der Waals surface area contributed by atoms with E-state index in [1.54, 1.807) is 6.92 Å². The molecule has 0 aliphatic heterocycles. The Hall–Kier alpha value is -2.15. The second kappa shape index (κ2) is 10.1. The lowest BCUT2D eigenvalue weighted by molar-refractivity contribution is -0.131. The van der Waals surface area contributed by atoms with E-state index < -0.39 is 35.5 Å². The molecule has 26 heavy (non-hydrogen) atoms. The van der Waals surface area contributed by atoms with Crippen LogP contribution in [-0.2, 0) is 20.8 Å². The number of hydrogen-bond donors (Lipinski definition) is 2. The van der Waals surface area contributed by atoms with Gasteiger partial charge >= 0.3 is 0 Å². The topological polar surface area (TPSA) is 75.3 Å². The van der Waals surface area contributed by atoms with E-state index in [1.807, 2.05) is 13.8 Å². The van der Waals surface area contributed by atoms with Crippen LogP contribution in [-0.4, -0.2) is 29.7 Å². The van der Waals surface area contributed by atoms with E-state index in [2.05, 4.69) is 10.6 Å². The van der Waals surface area contributed by atoms with Crippen molar-refractivity contribution in [3.63, 3.8) is 0 Å². The van der Waals surface area contributed by atoms with E-state index in [9.17, 15) is 23.2 Å². The lowest BCUT2D eigenvalue weighted by Crippen LogP contribution is -2.49. The van der Waals surface area contributed by atoms with Crippen molar-refractivity contribution in [1.82, 2.24) is 10.6 Å². The van der Waals surface area contributed by atoms with Crippen LogP contribution in [0.2, 0.25) is 0 Å². The zero-order valence-corrected chi connectivity index (χ0v) is 15.6. The second-order valence-corrected chi connectivity index (χ2v) is 6.88. The average Bonchev–Trinajstić information content (AvgIpc) is 2.50. The van der Waals surface area contributed by atoms with Gasteiger partial charge in [-0.15, -0.1) is 0 Å². The Morgan fingerprint density at radius 2 is 1.54 bits per heavy atom. The molecular weight excluding hydrogens is 342 g/mol. The monoisotopic (exact) mass is 368 g/mol. The largest absolute Gasteiger partial charge is 0.298 e. The number of nitrogens with one attached hydrogen (secondary N) is 2. The second-order valence-electron chi connectivity index (χ2n) is 6.88. The maximum atomic E-state index is 13.1. The predicted molar refractivity (Wildman–Crippen MR) is 94.4 cm³/mol. The first-order chi connectivity index (χ1) is 12.1. The summed E-state index contributed by atoms with van der Waals surface area (Å²) in [4.78, 5) is 35.9. The quantitative estimate of drug-likeness (QED) is 0.702. The summed E-state index contributed by atoms with van der Waals surface area (Å²) in [6.45, 7) is 7.26. The number of ketones is 1. The Labute approximate surface area is 152 Å². The van der Waals surface area contributed by atoms with Gasteiger partial charge in [0.1, 0.15) is 17.4 Å². The molecule has 1 unspecified atom stereocenters. The van der Waals surface area contributed by atoms with Gasteiger partial charge < -0.3 is 0 Å². The van der Waals surface area contributed by atoms with Gasteiger partial charge in [-0.25, -0.2) is 8.78 Å². The van der Waals surface area contributed by atoms with Crippen molar-refractivity contribution >= 4 is 17.6 Å². The average molecular weight is 368 g/mol. The maximum Gasteiger partial charge on any atom is 0.243 e. The number of carbonyl (C=O) groups is 3. The van der Waals surface area contributed by atoms with Crippen LogP contribution in [0.3, 0.4) is 0 Å². The summed E-state index contributed by atoms with van der Waals surface area (Å²) in [5, 5.41) is 5.02. The van der Waals surface area contributed by atoms with Crippen LogP contribution >= 0.6 is 0 Å². The first-order valence-corrected chi connectivity index (χ1v) is 8.66. The van der Waals surface area contributed by atoms with Crippen LogP contribution in [0.15, 0.2) is 18.2 Å². The molecule has 2 amide bonds. The number of carbonyl (C=O) groups excluding carboxylic acids is 3. The molecule has 1 aromatic rings. The van der Waals surface area contributed by atoms with Crippen LogP contribution < -0.4 is 10.6 Å². The summed E-state index contributed by atoms with van der Waals surface area (Å²) in [5.74, 6) is -2.44. The van der Waals surface area contributed by atoms with E-state index in [-0.39, 0.29) is 17.8 Å². The molecule has 0 saturated carbocycles. The van der Waals surface area contributed by atoms with Crippen molar-refractivity contribution < 1.29 is 23.2 Å². The summed E-state index contributed by atoms with van der Waals surface area (Å²) in [6, 6.07) is 1.49. The third kappa shape index (κ3) is 7.82. The molecule has 1 rings (SSSR count). The Morgan fingerprint density at radius 3 is 2.08 bits per heavy atom. The van der Waals surface area contributed by atoms with E-state index in [1.165, 1.54) is 6.92 Å². The Bertz CT molecular complexity index is 642. The van der Waals surface area contributed by atoms with Crippen molar-refractivity contribution in [1.29, 1.82) is 0 Å². The van der Waals surface area contributed by atoms with Gasteiger partial charge in [0.05, 0.1) is 18.5 Å². The highest BCUT2D eigenvalue weighted by molar-refractivity contribution is 5.98. The number of imide groups is 1. The molecule has 0 radical (unpaired) electrons. The first-order valence-electron chi connectivity index (χ1n) is 8.66. The molecule has 5 nitrogen and oxygen atoms in total. The van der Waals surface area contributed by atoms with Crippen LogP contribution in [0.1, 0.15) is 46.1 Å². The molecule has 2 N–H and O–H groups in total. The summed E-state index contributed by atoms with van der Waals surface area (Å²) in [5.41, 5.74) is 0.130. The van der Waals surface area contributed by atoms with Gasteiger partial charge in [-0.1, -0.05) is 13.8 Å². The Kier molecular flexibility index (Phi) is 8.51. The third-order valence-electron chi connectivity index (χ3n) is 3.89. The summed E-state index contributed by atoms with van der Waals surface area (Å²) < 4.78 is 26.2. The highest BCUT2D eigenvalue weighted by Crippen LogP contribution is 2.09. The first kappa shape index (κ1) is 21.9. The number of Topliss-reactive ketones (excluding diaryl/α,β-unsaturated/α-hetero) is 1. The molecule has 0 heterocycles. The minimum absolute atomic E-state index is 0.0000810. The molecule has 0 aliphatic carbocycles. The van der Waals surface area contributed by atoms with Crippen molar-refractivity contribution in [2.75, 3.05) is 0 Å². The van der Waals surface area contributed by atoms with Crippen molar-refractivity contribution in [3.8, 4) is 0 Å². The van der Waals surface area contributed by atoms with Crippen LogP contribution in [0.25, 0.3) is 0 Å². The lowest BCUT2D eigenvalue weighted by Gasteiger charge is -2.19. The van der Waals surface area contributed by atoms with Gasteiger partial charge in [-0.2, -0.15) is 0 Å². The zero-order chi connectivity index (χ0) is 19.9. The Morgan fingerprint density at radius 1 is 0.962 bits per heavy atom. The predicted octanol–water partition coefficient (Wildman–Crippen LogP) is 2.52. The van der Waals surface area contributed by atoms with Gasteiger partial charge in [0.15, 0.2) is 0 Å². The smallest absolute Gasteiger partial charge is 0.243 e. The fourth-order valence-corrected chi connectivity index (χ4v) is 2.38. The van der Waals surface area contributed by atoms with Gasteiger partial charge in [0.25, 0.3) is 0 Å². The molecule has 7 heteroatoms. The van der Waals surface area contributed by atoms with Crippen LogP contribution in [0.4, 0.5) is 8.78 Å². The molecule has 0 aromatic heterocycles. The number of halogens is 2. The number of benzene rings is 1. The van der Waals surface area contributed by atoms with E-state index in [0.29, 0.717) is 18.4 Å². The molecule has 1 aromatic carbocycles. The minimum atomic E-state index is -0.789. The maximum absolute atomic E-state index is 13.1. The standard InChI is InChI=1S/C19H26F2N2O3/c1-11(2)5-6-17(24)12(3)22-13(4)19(26)23-18(25)9-14-7-15(20)10-16(21)8-14/h7-8,10-13,22H,5-6,9H2,1-4H3,(H,23,25,26)/t12?,13-/m0/s1. The normalized spacial score (nSPS) is 13.3. The Balaban J connectivity index is 2.50. The molecule has 144 valence electrons. The van der Waals surface area contributed by atoms with E-state index >= 15 is 0 Å². The van der Waals surface area contributed by atoms with E-state index in [4.69, 9.17) is 0 Å². The minimum Gasteiger partial charge on any atom is -0.298 e. The van der Waals surface area contributed by atoms with Crippen LogP contribution in [0.5, 0.6) is 0 Å². The van der Waals surface area contributed by atoms with E-state index in [0.717, 1.165) is 18.6 Å². The van der Waals surface area contributed by atoms with Crippen molar-refractivity contribution in [3.05, 3.63) is 35.4 Å². The summed E-state index contributed by atoms with van der Waals surface area (Å²) in [6.07, 6.45) is 0.869. The molecule has 0 bridgehead atoms. The molecule has 2 atom stereocenters. The number of rotatable bonds is 9. The highest BCUT2D eigenvalue weighted by atomic mass is 19.1. The molecule has 0 fully saturated rings. The summed E-state index contributed by atoms with van der Waals surface area (Å²) >= 11 is 0. The zero-order valence-electron chi connectivity index (χ0n) is 15.6. The SMILES string of the molecule is CC(C)CCC(=O)C(C)N[C@@H](C)C(=O)NC(=O)Cc1cc(F)cc(F)c1. The number of hydrogen-bond acceptors (Lipinski definition) is 4. The van der Waals surface area contributed by atoms with Gasteiger partial charge in [-0.3, -0.25) is 25.0 Å². The van der Waals surface area contributed by atoms with Gasteiger partial charge in [0.2, 0.25) is 11.8 Å². The van der Waals surface area contributed by atoms with Gasteiger partial charge in [0, 0.05) is 12.5 Å². The summed E-state index contributed by atoms with van der Waals surface area (Å²) in [7, 11) is 0. The number of amides is 2. The van der Waals surface area contributed by atoms with Crippen molar-refractivity contribution in [2.24, 2.45) is 5.92 Å².